The number of hydrogen-bond donors (Lipinski definition) is 1. The third-order valence-electron chi connectivity index (χ3n) is 3.29. The molecule has 1 aromatic heterocycles. The van der Waals surface area contributed by atoms with Crippen LogP contribution >= 0.6 is 11.3 Å². The first-order chi connectivity index (χ1) is 7.66. The van der Waals surface area contributed by atoms with Crippen LogP contribution in [-0.4, -0.2) is 11.0 Å². The largest absolute Gasteiger partial charge is 0.305 e. The lowest BCUT2D eigenvalue weighted by Gasteiger charge is -2.25. The van der Waals surface area contributed by atoms with Gasteiger partial charge in [0, 0.05) is 17.1 Å². The molecule has 1 saturated carbocycles. The van der Waals surface area contributed by atoms with Crippen LogP contribution in [0.3, 0.4) is 0 Å². The molecule has 0 aromatic carbocycles. The molecule has 0 amide bonds. The highest BCUT2D eigenvalue weighted by molar-refractivity contribution is 7.09. The Morgan fingerprint density at radius 3 is 2.56 bits per heavy atom. The summed E-state index contributed by atoms with van der Waals surface area (Å²) in [5.74, 6) is 0.799. The highest BCUT2D eigenvalue weighted by Gasteiger charge is 2.28. The topological polar surface area (TPSA) is 24.9 Å². The normalized spacial score (nSPS) is 19.5. The van der Waals surface area contributed by atoms with E-state index >= 15 is 0 Å². The second-order valence-corrected chi connectivity index (χ2v) is 6.06. The molecule has 90 valence electrons. The van der Waals surface area contributed by atoms with Crippen LogP contribution in [0.2, 0.25) is 0 Å². The van der Waals surface area contributed by atoms with E-state index in [1.165, 1.54) is 30.7 Å². The zero-order chi connectivity index (χ0) is 11.5. The van der Waals surface area contributed by atoms with Crippen LogP contribution in [0.25, 0.3) is 0 Å². The third-order valence-corrected chi connectivity index (χ3v) is 4.33. The van der Waals surface area contributed by atoms with E-state index in [-0.39, 0.29) is 0 Å². The number of aryl methyl sites for hydroxylation is 1. The summed E-state index contributed by atoms with van der Waals surface area (Å²) in [6, 6.07) is 1.02. The molecule has 0 aliphatic heterocycles. The maximum Gasteiger partial charge on any atom is 0.110 e. The molecule has 0 spiro atoms. The fourth-order valence-electron chi connectivity index (χ4n) is 2.57. The smallest absolute Gasteiger partial charge is 0.110 e. The van der Waals surface area contributed by atoms with E-state index in [0.717, 1.165) is 11.6 Å². The van der Waals surface area contributed by atoms with Crippen molar-refractivity contribution in [2.45, 2.75) is 58.5 Å². The van der Waals surface area contributed by atoms with Gasteiger partial charge in [-0.1, -0.05) is 26.7 Å². The summed E-state index contributed by atoms with van der Waals surface area (Å²) < 4.78 is 0. The van der Waals surface area contributed by atoms with Crippen LogP contribution in [0.5, 0.6) is 0 Å². The lowest BCUT2D eigenvalue weighted by atomic mass is 9.98. The SMILES string of the molecule is Cc1csc(C(NC(C)C)C2CCCC2)n1. The molecular formula is C13H22N2S. The number of aromatic nitrogens is 1. The van der Waals surface area contributed by atoms with Crippen LogP contribution in [0, 0.1) is 12.8 Å². The van der Waals surface area contributed by atoms with Gasteiger partial charge in [0.05, 0.1) is 6.04 Å². The number of hydrogen-bond acceptors (Lipinski definition) is 3. The minimum atomic E-state index is 0.487. The van der Waals surface area contributed by atoms with E-state index in [1.807, 2.05) is 11.3 Å². The Morgan fingerprint density at radius 2 is 2.06 bits per heavy atom. The van der Waals surface area contributed by atoms with E-state index in [4.69, 9.17) is 0 Å². The molecule has 1 N–H and O–H groups in total. The molecule has 0 radical (unpaired) electrons. The van der Waals surface area contributed by atoms with Crippen molar-refractivity contribution >= 4 is 11.3 Å². The van der Waals surface area contributed by atoms with Gasteiger partial charge in [0.25, 0.3) is 0 Å². The molecule has 1 fully saturated rings. The first-order valence-electron chi connectivity index (χ1n) is 6.35. The zero-order valence-corrected chi connectivity index (χ0v) is 11.3. The van der Waals surface area contributed by atoms with Gasteiger partial charge in [-0.05, 0) is 25.7 Å². The minimum absolute atomic E-state index is 0.487. The lowest BCUT2D eigenvalue weighted by molar-refractivity contribution is 0.343. The van der Waals surface area contributed by atoms with Crippen molar-refractivity contribution in [1.29, 1.82) is 0 Å². The summed E-state index contributed by atoms with van der Waals surface area (Å²) in [7, 11) is 0. The Labute approximate surface area is 102 Å². The Kier molecular flexibility index (Phi) is 3.98. The molecule has 2 nitrogen and oxygen atoms in total. The molecule has 1 unspecified atom stereocenters. The van der Waals surface area contributed by atoms with Crippen molar-refractivity contribution in [3.05, 3.63) is 16.1 Å². The highest BCUT2D eigenvalue weighted by Crippen LogP contribution is 2.37. The van der Waals surface area contributed by atoms with Gasteiger partial charge in [-0.3, -0.25) is 0 Å². The van der Waals surface area contributed by atoms with Crippen molar-refractivity contribution in [3.63, 3.8) is 0 Å². The Hall–Kier alpha value is -0.410. The molecule has 1 atom stereocenters. The van der Waals surface area contributed by atoms with Gasteiger partial charge in [0.15, 0.2) is 0 Å². The van der Waals surface area contributed by atoms with Crippen LogP contribution < -0.4 is 5.32 Å². The number of thiazole rings is 1. The quantitative estimate of drug-likeness (QED) is 0.865. The van der Waals surface area contributed by atoms with Gasteiger partial charge in [-0.15, -0.1) is 11.3 Å². The fourth-order valence-corrected chi connectivity index (χ4v) is 3.52. The molecule has 1 aliphatic carbocycles. The maximum absolute atomic E-state index is 4.66. The van der Waals surface area contributed by atoms with Crippen molar-refractivity contribution in [1.82, 2.24) is 10.3 Å². The molecule has 0 saturated heterocycles. The first-order valence-corrected chi connectivity index (χ1v) is 7.23. The van der Waals surface area contributed by atoms with Gasteiger partial charge < -0.3 is 5.32 Å². The summed E-state index contributed by atoms with van der Waals surface area (Å²) in [4.78, 5) is 4.66. The van der Waals surface area contributed by atoms with Crippen molar-refractivity contribution < 1.29 is 0 Å². The highest BCUT2D eigenvalue weighted by atomic mass is 32.1. The van der Waals surface area contributed by atoms with Crippen molar-refractivity contribution in [3.8, 4) is 0 Å². The second-order valence-electron chi connectivity index (χ2n) is 5.17. The number of rotatable bonds is 4. The van der Waals surface area contributed by atoms with E-state index in [2.05, 4.69) is 36.5 Å². The zero-order valence-electron chi connectivity index (χ0n) is 10.5. The summed E-state index contributed by atoms with van der Waals surface area (Å²) in [5.41, 5.74) is 1.16. The van der Waals surface area contributed by atoms with Gasteiger partial charge in [0.2, 0.25) is 0 Å². The molecule has 1 heterocycles. The Balaban J connectivity index is 2.13. The van der Waals surface area contributed by atoms with Gasteiger partial charge in [-0.2, -0.15) is 0 Å². The molecule has 0 bridgehead atoms. The van der Waals surface area contributed by atoms with Crippen molar-refractivity contribution in [2.24, 2.45) is 5.92 Å². The summed E-state index contributed by atoms with van der Waals surface area (Å²) >= 11 is 1.81. The first kappa shape index (κ1) is 12.1. The van der Waals surface area contributed by atoms with Crippen LogP contribution in [0.1, 0.15) is 56.3 Å². The average Bonchev–Trinajstić information content (AvgIpc) is 2.84. The van der Waals surface area contributed by atoms with Crippen LogP contribution in [-0.2, 0) is 0 Å². The van der Waals surface area contributed by atoms with Gasteiger partial charge >= 0.3 is 0 Å². The number of nitrogens with zero attached hydrogens (tertiary/aromatic N) is 1. The summed E-state index contributed by atoms with van der Waals surface area (Å²) in [6.45, 7) is 6.53. The molecule has 2 rings (SSSR count). The number of nitrogens with one attached hydrogen (secondary N) is 1. The molecular weight excluding hydrogens is 216 g/mol. The lowest BCUT2D eigenvalue weighted by Crippen LogP contribution is -2.32. The van der Waals surface area contributed by atoms with Crippen molar-refractivity contribution in [2.75, 3.05) is 0 Å². The second kappa shape index (κ2) is 5.28. The predicted octanol–water partition coefficient (Wildman–Crippen LogP) is 3.68. The molecule has 1 aromatic rings. The van der Waals surface area contributed by atoms with E-state index < -0.39 is 0 Å². The van der Waals surface area contributed by atoms with Gasteiger partial charge in [-0.25, -0.2) is 4.98 Å². The van der Waals surface area contributed by atoms with Crippen LogP contribution in [0.15, 0.2) is 5.38 Å². The predicted molar refractivity (Wildman–Crippen MR) is 69.8 cm³/mol. The van der Waals surface area contributed by atoms with Crippen LogP contribution in [0.4, 0.5) is 0 Å². The Morgan fingerprint density at radius 1 is 1.38 bits per heavy atom. The third kappa shape index (κ3) is 2.83. The van der Waals surface area contributed by atoms with E-state index in [1.54, 1.807) is 0 Å². The summed E-state index contributed by atoms with van der Waals surface area (Å²) in [6.07, 6.45) is 5.52. The standard InChI is InChI=1S/C13H22N2S/c1-9(2)14-12(11-6-4-5-7-11)13-15-10(3)8-16-13/h8-9,11-12,14H,4-7H2,1-3H3. The Bertz CT molecular complexity index is 326. The molecule has 3 heteroatoms. The van der Waals surface area contributed by atoms with E-state index in [0.29, 0.717) is 12.1 Å². The molecule has 16 heavy (non-hydrogen) atoms. The average molecular weight is 238 g/mol. The summed E-state index contributed by atoms with van der Waals surface area (Å²) in [5, 5.41) is 7.16. The van der Waals surface area contributed by atoms with Gasteiger partial charge in [0.1, 0.15) is 5.01 Å². The monoisotopic (exact) mass is 238 g/mol. The van der Waals surface area contributed by atoms with E-state index in [9.17, 15) is 0 Å². The minimum Gasteiger partial charge on any atom is -0.305 e. The molecule has 1 aliphatic rings. The fraction of sp³-hybridized carbons (Fsp3) is 0.769. The maximum atomic E-state index is 4.66.